The Labute approximate surface area is 314 Å². The van der Waals surface area contributed by atoms with E-state index in [9.17, 15) is 0 Å². The van der Waals surface area contributed by atoms with Gasteiger partial charge in [-0.05, 0) is 121 Å². The minimum absolute atomic E-state index is 0.212. The van der Waals surface area contributed by atoms with E-state index >= 15 is 0 Å². The van der Waals surface area contributed by atoms with E-state index in [0.29, 0.717) is 28.2 Å². The number of pyridine rings is 3. The summed E-state index contributed by atoms with van der Waals surface area (Å²) >= 11 is 0. The first-order valence-electron chi connectivity index (χ1n) is 19.4. The molecule has 53 heavy (non-hydrogen) atoms. The second-order valence-electron chi connectivity index (χ2n) is 14.2. The predicted molar refractivity (Wildman–Crippen MR) is 216 cm³/mol. The van der Waals surface area contributed by atoms with Crippen molar-refractivity contribution in [2.24, 2.45) is 0 Å². The third kappa shape index (κ3) is 5.24. The lowest BCUT2D eigenvalue weighted by molar-refractivity contribution is 0.635. The van der Waals surface area contributed by atoms with Gasteiger partial charge >= 0.3 is 0 Å². The number of hydrogen-bond donors (Lipinski definition) is 0. The maximum atomic E-state index is 8.86. The van der Waals surface area contributed by atoms with E-state index in [1.807, 2.05) is 105 Å². The van der Waals surface area contributed by atoms with Crippen LogP contribution in [-0.4, -0.2) is 15.0 Å². The zero-order valence-electron chi connectivity index (χ0n) is 32.8. The number of fused-ring (bicyclic) bond motifs is 4. The molecule has 0 N–H and O–H groups in total. The summed E-state index contributed by atoms with van der Waals surface area (Å²) in [7, 11) is 0. The van der Waals surface area contributed by atoms with Gasteiger partial charge in [-0.15, -0.1) is 0 Å². The van der Waals surface area contributed by atoms with Gasteiger partial charge in [-0.2, -0.15) is 0 Å². The molecule has 0 aliphatic carbocycles. The van der Waals surface area contributed by atoms with Gasteiger partial charge < -0.3 is 4.42 Å². The second kappa shape index (κ2) is 12.7. The summed E-state index contributed by atoms with van der Waals surface area (Å²) < 4.78 is 33.5. The predicted octanol–water partition coefficient (Wildman–Crippen LogP) is 11.9. The van der Waals surface area contributed by atoms with Gasteiger partial charge in [0.05, 0.1) is 33.6 Å². The fraction of sp³-hybridized carbons (Fsp3) is 0.122. The number of aryl methyl sites for hydroxylation is 1. The molecule has 0 aliphatic heterocycles. The van der Waals surface area contributed by atoms with E-state index in [1.54, 1.807) is 6.20 Å². The standard InChI is InChI=1S/C49H39N3O/c1-32-27-42(52-47(33(32)2)49(4,37-21-9-6-10-22-37)45-24-14-16-26-51-45)41-31-38(48(3,36-19-7-5-8-20-36)44-23-13-15-25-50-44)30-40-39-28-34-17-11-12-18-35(34)29-43(39)53-46(40)41/h5-31H,1-4H3/i2D3. The van der Waals surface area contributed by atoms with Crippen molar-refractivity contribution in [3.8, 4) is 11.3 Å². The Kier molecular flexibility index (Phi) is 6.99. The van der Waals surface area contributed by atoms with Crippen molar-refractivity contribution in [2.75, 3.05) is 0 Å². The molecule has 0 bridgehead atoms. The van der Waals surface area contributed by atoms with Crippen molar-refractivity contribution in [2.45, 2.75) is 38.5 Å². The number of furan rings is 1. The van der Waals surface area contributed by atoms with E-state index in [0.717, 1.165) is 55.1 Å². The van der Waals surface area contributed by atoms with Gasteiger partial charge in [-0.1, -0.05) is 97.1 Å². The highest BCUT2D eigenvalue weighted by atomic mass is 16.3. The van der Waals surface area contributed by atoms with Crippen molar-refractivity contribution in [1.82, 2.24) is 15.0 Å². The van der Waals surface area contributed by atoms with Gasteiger partial charge in [0.15, 0.2) is 0 Å². The summed E-state index contributed by atoms with van der Waals surface area (Å²) in [5.74, 6) is 0. The molecule has 2 atom stereocenters. The van der Waals surface area contributed by atoms with Crippen LogP contribution in [0, 0.1) is 13.8 Å². The van der Waals surface area contributed by atoms with Crippen LogP contribution >= 0.6 is 0 Å². The molecule has 0 amide bonds. The maximum absolute atomic E-state index is 8.86. The quantitative estimate of drug-likeness (QED) is 0.167. The third-order valence-corrected chi connectivity index (χ3v) is 11.0. The Morgan fingerprint density at radius 1 is 0.566 bits per heavy atom. The molecule has 5 aromatic carbocycles. The first-order chi connectivity index (χ1) is 27.1. The van der Waals surface area contributed by atoms with Gasteiger partial charge in [0.25, 0.3) is 0 Å². The monoisotopic (exact) mass is 688 g/mol. The third-order valence-electron chi connectivity index (χ3n) is 11.0. The Balaban J connectivity index is 1.42. The Morgan fingerprint density at radius 3 is 1.77 bits per heavy atom. The number of rotatable bonds is 7. The van der Waals surface area contributed by atoms with Gasteiger partial charge in [-0.3, -0.25) is 15.0 Å². The van der Waals surface area contributed by atoms with Crippen LogP contribution < -0.4 is 0 Å². The number of hydrogen-bond acceptors (Lipinski definition) is 4. The highest BCUT2D eigenvalue weighted by Gasteiger charge is 2.37. The van der Waals surface area contributed by atoms with E-state index < -0.39 is 17.7 Å². The van der Waals surface area contributed by atoms with E-state index in [1.165, 1.54) is 0 Å². The molecule has 0 saturated carbocycles. The number of nitrogens with zero attached hydrogens (tertiary/aromatic N) is 3. The minimum Gasteiger partial charge on any atom is -0.455 e. The second-order valence-corrected chi connectivity index (χ2v) is 14.2. The normalized spacial score (nSPS) is 15.0. The van der Waals surface area contributed by atoms with Crippen molar-refractivity contribution in [3.63, 3.8) is 0 Å². The van der Waals surface area contributed by atoms with Gasteiger partial charge in [0.2, 0.25) is 0 Å². The zero-order valence-corrected chi connectivity index (χ0v) is 29.8. The Bertz CT molecular complexity index is 2790. The van der Waals surface area contributed by atoms with Crippen LogP contribution in [0.25, 0.3) is 44.0 Å². The SMILES string of the molecule is [2H]C([2H])([2H])c1c(C)cc(-c2cc(C(C)(c3ccccc3)c3ccccn3)cc3c2oc2cc4ccccc4cc23)nc1C(C)(c1ccccc1)c1ccccn1. The summed E-state index contributed by atoms with van der Waals surface area (Å²) in [5, 5.41) is 4.11. The highest BCUT2D eigenvalue weighted by molar-refractivity contribution is 6.13. The molecule has 0 aliphatic rings. The maximum Gasteiger partial charge on any atom is 0.144 e. The van der Waals surface area contributed by atoms with Crippen molar-refractivity contribution >= 4 is 32.7 Å². The average molecular weight is 689 g/mol. The fourth-order valence-electron chi connectivity index (χ4n) is 7.94. The molecular formula is C49H39N3O. The molecule has 0 saturated heterocycles. The summed E-state index contributed by atoms with van der Waals surface area (Å²) in [4.78, 5) is 15.2. The first-order valence-corrected chi connectivity index (χ1v) is 17.9. The molecule has 4 heteroatoms. The number of benzene rings is 5. The molecule has 2 unspecified atom stereocenters. The molecular weight excluding hydrogens is 647 g/mol. The molecule has 0 radical (unpaired) electrons. The van der Waals surface area contributed by atoms with Gasteiger partial charge in [0, 0.05) is 32.8 Å². The van der Waals surface area contributed by atoms with Crippen LogP contribution in [0.1, 0.15) is 62.9 Å². The largest absolute Gasteiger partial charge is 0.455 e. The van der Waals surface area contributed by atoms with Gasteiger partial charge in [0.1, 0.15) is 11.2 Å². The molecule has 0 spiro atoms. The first kappa shape index (κ1) is 29.2. The lowest BCUT2D eigenvalue weighted by Crippen LogP contribution is -2.29. The molecule has 9 aromatic rings. The molecule has 0 fully saturated rings. The van der Waals surface area contributed by atoms with Crippen LogP contribution in [0.4, 0.5) is 0 Å². The van der Waals surface area contributed by atoms with Crippen molar-refractivity contribution in [1.29, 1.82) is 0 Å². The van der Waals surface area contributed by atoms with Crippen LogP contribution in [0.15, 0.2) is 168 Å². The van der Waals surface area contributed by atoms with Crippen molar-refractivity contribution in [3.05, 3.63) is 209 Å². The highest BCUT2D eigenvalue weighted by Crippen LogP contribution is 2.46. The van der Waals surface area contributed by atoms with Crippen LogP contribution in [0.3, 0.4) is 0 Å². The Morgan fingerprint density at radius 2 is 1.15 bits per heavy atom. The molecule has 256 valence electrons. The van der Waals surface area contributed by atoms with Crippen LogP contribution in [0.5, 0.6) is 0 Å². The van der Waals surface area contributed by atoms with E-state index in [2.05, 4.69) is 73.7 Å². The van der Waals surface area contributed by atoms with Crippen LogP contribution in [-0.2, 0) is 10.8 Å². The molecule has 4 aromatic heterocycles. The van der Waals surface area contributed by atoms with E-state index in [-0.39, 0.29) is 5.56 Å². The smallest absolute Gasteiger partial charge is 0.144 e. The van der Waals surface area contributed by atoms with E-state index in [4.69, 9.17) is 23.5 Å². The van der Waals surface area contributed by atoms with Gasteiger partial charge in [-0.25, -0.2) is 0 Å². The molecule has 9 rings (SSSR count). The minimum atomic E-state index is -2.46. The van der Waals surface area contributed by atoms with Crippen LogP contribution in [0.2, 0.25) is 0 Å². The topological polar surface area (TPSA) is 51.8 Å². The zero-order chi connectivity index (χ0) is 38.7. The average Bonchev–Trinajstić information content (AvgIpc) is 3.59. The fourth-order valence-corrected chi connectivity index (χ4v) is 7.94. The number of aromatic nitrogens is 3. The lowest BCUT2D eigenvalue weighted by atomic mass is 9.72. The molecule has 4 nitrogen and oxygen atoms in total. The summed E-state index contributed by atoms with van der Waals surface area (Å²) in [5.41, 5.74) is 6.88. The lowest BCUT2D eigenvalue weighted by Gasteiger charge is -2.32. The van der Waals surface area contributed by atoms with Crippen molar-refractivity contribution < 1.29 is 8.53 Å². The summed E-state index contributed by atoms with van der Waals surface area (Å²) in [6, 6.07) is 51.0. The molecule has 4 heterocycles. The summed E-state index contributed by atoms with van der Waals surface area (Å²) in [6.07, 6.45) is 3.58. The Hall–Kier alpha value is -6.39. The summed E-state index contributed by atoms with van der Waals surface area (Å²) in [6.45, 7) is 3.65.